The Labute approximate surface area is 229 Å². The Hall–Kier alpha value is -2.73. The molecule has 0 saturated carbocycles. The van der Waals surface area contributed by atoms with Gasteiger partial charge in [0.2, 0.25) is 10.0 Å². The van der Waals surface area contributed by atoms with Crippen LogP contribution in [0.25, 0.3) is 10.2 Å². The molecule has 1 fully saturated rings. The predicted molar refractivity (Wildman–Crippen MR) is 151 cm³/mol. The van der Waals surface area contributed by atoms with Gasteiger partial charge in [0.15, 0.2) is 16.6 Å². The third kappa shape index (κ3) is 5.96. The monoisotopic (exact) mass is 560 g/mol. The maximum atomic E-state index is 13.8. The number of anilines is 1. The van der Waals surface area contributed by atoms with E-state index < -0.39 is 10.0 Å². The van der Waals surface area contributed by atoms with Gasteiger partial charge in [-0.2, -0.15) is 4.31 Å². The van der Waals surface area contributed by atoms with Gasteiger partial charge in [-0.05, 0) is 50.2 Å². The lowest BCUT2D eigenvalue weighted by Crippen LogP contribution is -2.39. The van der Waals surface area contributed by atoms with Gasteiger partial charge < -0.3 is 14.4 Å². The molecule has 0 bridgehead atoms. The van der Waals surface area contributed by atoms with E-state index in [2.05, 4.69) is 18.7 Å². The molecule has 1 amide bonds. The first-order chi connectivity index (χ1) is 18.3. The SMILES string of the molecule is CCN(CC)CCN(C(=O)c1ccc(S(=O)(=O)N2CCCCC2)cc1)c1nc2cc(OC)c(OC)cc2s1. The molecule has 2 heterocycles. The molecule has 0 atom stereocenters. The Morgan fingerprint density at radius 3 is 2.21 bits per heavy atom. The van der Waals surface area contributed by atoms with Gasteiger partial charge in [0, 0.05) is 43.9 Å². The standard InChI is InChI=1S/C27H36N4O5S2/c1-5-29(6-2)16-17-31(27-28-22-18-23(35-3)24(36-4)19-25(22)37-27)26(32)20-10-12-21(13-11-20)38(33,34)30-14-8-7-9-15-30/h10-13,18-19H,5-9,14-17H2,1-4H3. The minimum atomic E-state index is -3.57. The van der Waals surface area contributed by atoms with E-state index in [1.54, 1.807) is 31.3 Å². The van der Waals surface area contributed by atoms with E-state index >= 15 is 0 Å². The lowest BCUT2D eigenvalue weighted by molar-refractivity contribution is 0.0983. The molecular formula is C27H36N4O5S2. The Bertz CT molecular complexity index is 1310. The van der Waals surface area contributed by atoms with Crippen LogP contribution in [0.3, 0.4) is 0 Å². The molecule has 9 nitrogen and oxygen atoms in total. The molecular weight excluding hydrogens is 524 g/mol. The van der Waals surface area contributed by atoms with Gasteiger partial charge in [-0.1, -0.05) is 31.6 Å². The number of nitrogens with zero attached hydrogens (tertiary/aromatic N) is 4. The zero-order valence-electron chi connectivity index (χ0n) is 22.5. The van der Waals surface area contributed by atoms with Crippen molar-refractivity contribution in [2.45, 2.75) is 38.0 Å². The van der Waals surface area contributed by atoms with Crippen LogP contribution in [0.15, 0.2) is 41.3 Å². The van der Waals surface area contributed by atoms with Crippen LogP contribution < -0.4 is 14.4 Å². The van der Waals surface area contributed by atoms with Gasteiger partial charge in [0.1, 0.15) is 0 Å². The Morgan fingerprint density at radius 1 is 0.974 bits per heavy atom. The fourth-order valence-corrected chi connectivity index (χ4v) is 7.12. The zero-order chi connectivity index (χ0) is 27.3. The van der Waals surface area contributed by atoms with E-state index in [1.807, 2.05) is 12.1 Å². The van der Waals surface area contributed by atoms with Crippen LogP contribution in [0.1, 0.15) is 43.5 Å². The molecule has 11 heteroatoms. The van der Waals surface area contributed by atoms with Crippen LogP contribution in [0, 0.1) is 0 Å². The quantitative estimate of drug-likeness (QED) is 0.342. The number of ether oxygens (including phenoxy) is 2. The highest BCUT2D eigenvalue weighted by Gasteiger charge is 2.27. The van der Waals surface area contributed by atoms with E-state index in [1.165, 1.54) is 27.8 Å². The van der Waals surface area contributed by atoms with Crippen molar-refractivity contribution in [2.24, 2.45) is 0 Å². The van der Waals surface area contributed by atoms with Crippen molar-refractivity contribution in [3.05, 3.63) is 42.0 Å². The second-order valence-corrected chi connectivity index (χ2v) is 12.1. The molecule has 1 saturated heterocycles. The number of carbonyl (C=O) groups excluding carboxylic acids is 1. The molecule has 38 heavy (non-hydrogen) atoms. The molecule has 0 radical (unpaired) electrons. The van der Waals surface area contributed by atoms with Crippen molar-refractivity contribution in [2.75, 3.05) is 58.4 Å². The maximum Gasteiger partial charge on any atom is 0.260 e. The highest BCUT2D eigenvalue weighted by Crippen LogP contribution is 2.37. The Kier molecular flexibility index (Phi) is 9.24. The van der Waals surface area contributed by atoms with Crippen LogP contribution in [0.4, 0.5) is 5.13 Å². The van der Waals surface area contributed by atoms with E-state index in [0.717, 1.165) is 37.1 Å². The van der Waals surface area contributed by atoms with Gasteiger partial charge in [0.05, 0.1) is 29.3 Å². The van der Waals surface area contributed by atoms with Crippen molar-refractivity contribution in [3.63, 3.8) is 0 Å². The molecule has 3 aromatic rings. The summed E-state index contributed by atoms with van der Waals surface area (Å²) in [4.78, 5) is 22.7. The van der Waals surface area contributed by atoms with Gasteiger partial charge in [0.25, 0.3) is 5.91 Å². The second-order valence-electron chi connectivity index (χ2n) is 9.14. The molecule has 0 unspecified atom stereocenters. The molecule has 1 aliphatic heterocycles. The number of methoxy groups -OCH3 is 2. The zero-order valence-corrected chi connectivity index (χ0v) is 24.1. The van der Waals surface area contributed by atoms with E-state index in [9.17, 15) is 13.2 Å². The second kappa shape index (κ2) is 12.4. The number of carbonyl (C=O) groups is 1. The number of aromatic nitrogens is 1. The average Bonchev–Trinajstić information content (AvgIpc) is 3.37. The topological polar surface area (TPSA) is 92.3 Å². The van der Waals surface area contributed by atoms with Crippen molar-refractivity contribution in [1.82, 2.24) is 14.2 Å². The summed E-state index contributed by atoms with van der Waals surface area (Å²) in [7, 11) is -0.409. The summed E-state index contributed by atoms with van der Waals surface area (Å²) in [5.41, 5.74) is 1.13. The average molecular weight is 561 g/mol. The van der Waals surface area contributed by atoms with E-state index in [4.69, 9.17) is 14.5 Å². The van der Waals surface area contributed by atoms with Crippen molar-refractivity contribution < 1.29 is 22.7 Å². The number of benzene rings is 2. The van der Waals surface area contributed by atoms with Crippen LogP contribution >= 0.6 is 11.3 Å². The number of fused-ring (bicyclic) bond motifs is 1. The van der Waals surface area contributed by atoms with E-state index in [0.29, 0.717) is 53.9 Å². The first kappa shape index (κ1) is 28.3. The smallest absolute Gasteiger partial charge is 0.260 e. The molecule has 0 spiro atoms. The number of rotatable bonds is 11. The van der Waals surface area contributed by atoms with Crippen LogP contribution in [-0.4, -0.2) is 82.0 Å². The summed E-state index contributed by atoms with van der Waals surface area (Å²) >= 11 is 1.41. The minimum Gasteiger partial charge on any atom is -0.493 e. The number of hydrogen-bond donors (Lipinski definition) is 0. The third-order valence-electron chi connectivity index (χ3n) is 6.95. The number of thiazole rings is 1. The minimum absolute atomic E-state index is 0.213. The van der Waals surface area contributed by atoms with Crippen molar-refractivity contribution >= 4 is 42.6 Å². The summed E-state index contributed by atoms with van der Waals surface area (Å²) < 4.78 is 39.4. The van der Waals surface area contributed by atoms with Gasteiger partial charge >= 0.3 is 0 Å². The van der Waals surface area contributed by atoms with Crippen molar-refractivity contribution in [1.29, 1.82) is 0 Å². The lowest BCUT2D eigenvalue weighted by atomic mass is 10.2. The predicted octanol–water partition coefficient (Wildman–Crippen LogP) is 4.48. The number of hydrogen-bond acceptors (Lipinski definition) is 8. The highest BCUT2D eigenvalue weighted by molar-refractivity contribution is 7.89. The summed E-state index contributed by atoms with van der Waals surface area (Å²) in [6.07, 6.45) is 2.79. The fourth-order valence-electron chi connectivity index (χ4n) is 4.60. The van der Waals surface area contributed by atoms with Crippen molar-refractivity contribution in [3.8, 4) is 11.5 Å². The van der Waals surface area contributed by atoms with Gasteiger partial charge in [-0.15, -0.1) is 0 Å². The van der Waals surface area contributed by atoms with Crippen LogP contribution in [0.2, 0.25) is 0 Å². The van der Waals surface area contributed by atoms with Gasteiger partial charge in [-0.25, -0.2) is 13.4 Å². The summed E-state index contributed by atoms with van der Waals surface area (Å²) in [5, 5.41) is 0.567. The van der Waals surface area contributed by atoms with Gasteiger partial charge in [-0.3, -0.25) is 9.69 Å². The first-order valence-electron chi connectivity index (χ1n) is 13.0. The summed E-state index contributed by atoms with van der Waals surface area (Å²) in [6, 6.07) is 9.94. The molecule has 206 valence electrons. The van der Waals surface area contributed by atoms with Crippen LogP contribution in [-0.2, 0) is 10.0 Å². The summed E-state index contributed by atoms with van der Waals surface area (Å²) in [5.74, 6) is 0.946. The fraction of sp³-hybridized carbons (Fsp3) is 0.481. The maximum absolute atomic E-state index is 13.8. The van der Waals surface area contributed by atoms with E-state index in [-0.39, 0.29) is 10.8 Å². The van der Waals surface area contributed by atoms with Crippen LogP contribution in [0.5, 0.6) is 11.5 Å². The summed E-state index contributed by atoms with van der Waals surface area (Å²) in [6.45, 7) is 8.13. The lowest BCUT2D eigenvalue weighted by Gasteiger charge is -2.26. The number of piperidine rings is 1. The number of likely N-dealkylation sites (N-methyl/N-ethyl adjacent to an activating group) is 1. The molecule has 4 rings (SSSR count). The Balaban J connectivity index is 1.65. The number of amides is 1. The first-order valence-corrected chi connectivity index (χ1v) is 15.2. The highest BCUT2D eigenvalue weighted by atomic mass is 32.2. The Morgan fingerprint density at radius 2 is 1.61 bits per heavy atom. The molecule has 1 aliphatic rings. The number of sulfonamides is 1. The molecule has 1 aromatic heterocycles. The molecule has 2 aromatic carbocycles. The normalized spacial score (nSPS) is 14.7. The largest absolute Gasteiger partial charge is 0.493 e. The molecule has 0 aliphatic carbocycles. The molecule has 0 N–H and O–H groups in total. The third-order valence-corrected chi connectivity index (χ3v) is 9.90.